The Labute approximate surface area is 253 Å². The van der Waals surface area contributed by atoms with Gasteiger partial charge in [-0.3, -0.25) is 4.57 Å². The van der Waals surface area contributed by atoms with Gasteiger partial charge in [-0.1, -0.05) is 104 Å². The maximum atomic E-state index is 5.35. The van der Waals surface area contributed by atoms with E-state index in [1.54, 1.807) is 0 Å². The summed E-state index contributed by atoms with van der Waals surface area (Å²) in [4.78, 5) is 7.71. The average molecular weight is 556 g/mol. The standard InChI is InChI=1S/C40H33N3/c1-5-27(3)31-25-35(29-15-9-7-10-16-29)41-38(26-31)43-37-20-14-13-19-33(37)34-24-23-30-22-21-28(4)36(6-2)42(39(30)40(34)43)32-17-11-8-12-18-32/h5-26H,2H2,1,3-4H3. The maximum Gasteiger partial charge on any atom is 0.138 e. The zero-order chi connectivity index (χ0) is 29.5. The number of benzene rings is 4. The molecule has 0 bridgehead atoms. The predicted molar refractivity (Wildman–Crippen MR) is 184 cm³/mol. The minimum absolute atomic E-state index is 0.888. The number of anilines is 2. The van der Waals surface area contributed by atoms with Gasteiger partial charge in [0, 0.05) is 33.3 Å². The molecule has 0 atom stereocenters. The van der Waals surface area contributed by atoms with Crippen LogP contribution < -0.4 is 4.90 Å². The fourth-order valence-electron chi connectivity index (χ4n) is 6.14. The lowest BCUT2D eigenvalue weighted by Crippen LogP contribution is -2.18. The molecular weight excluding hydrogens is 522 g/mol. The minimum atomic E-state index is 0.888. The number of para-hydroxylation sites is 2. The third-order valence-corrected chi connectivity index (χ3v) is 8.43. The molecule has 3 heterocycles. The highest BCUT2D eigenvalue weighted by molar-refractivity contribution is 6.15. The van der Waals surface area contributed by atoms with Crippen LogP contribution in [0.1, 0.15) is 31.9 Å². The van der Waals surface area contributed by atoms with E-state index in [1.807, 2.05) is 12.1 Å². The van der Waals surface area contributed by atoms with E-state index in [1.165, 1.54) is 16.3 Å². The molecule has 43 heavy (non-hydrogen) atoms. The Kier molecular flexibility index (Phi) is 6.64. The molecule has 0 unspecified atom stereocenters. The van der Waals surface area contributed by atoms with Crippen LogP contribution in [0.3, 0.4) is 0 Å². The first kappa shape index (κ1) is 26.5. The van der Waals surface area contributed by atoms with Gasteiger partial charge in [0.25, 0.3) is 0 Å². The second-order valence-electron chi connectivity index (χ2n) is 11.0. The second kappa shape index (κ2) is 10.8. The average Bonchev–Trinajstić information content (AvgIpc) is 3.32. The van der Waals surface area contributed by atoms with Crippen molar-refractivity contribution in [1.29, 1.82) is 0 Å². The van der Waals surface area contributed by atoms with Crippen molar-refractivity contribution in [2.75, 3.05) is 4.90 Å². The normalized spacial score (nSPS) is 13.5. The van der Waals surface area contributed by atoms with Gasteiger partial charge in [0.2, 0.25) is 0 Å². The van der Waals surface area contributed by atoms with Crippen molar-refractivity contribution in [3.05, 3.63) is 156 Å². The fourth-order valence-corrected chi connectivity index (χ4v) is 6.14. The van der Waals surface area contributed by atoms with Crippen molar-refractivity contribution in [1.82, 2.24) is 9.55 Å². The minimum Gasteiger partial charge on any atom is -0.308 e. The van der Waals surface area contributed by atoms with E-state index in [9.17, 15) is 0 Å². The van der Waals surface area contributed by atoms with Gasteiger partial charge in [-0.15, -0.1) is 0 Å². The summed E-state index contributed by atoms with van der Waals surface area (Å²) < 4.78 is 2.35. The monoisotopic (exact) mass is 555 g/mol. The van der Waals surface area contributed by atoms with Crippen LogP contribution in [0.4, 0.5) is 11.4 Å². The van der Waals surface area contributed by atoms with Crippen LogP contribution >= 0.6 is 0 Å². The molecule has 3 nitrogen and oxygen atoms in total. The molecular formula is C40H33N3. The smallest absolute Gasteiger partial charge is 0.138 e. The largest absolute Gasteiger partial charge is 0.308 e. The van der Waals surface area contributed by atoms with E-state index in [0.717, 1.165) is 61.9 Å². The summed E-state index contributed by atoms with van der Waals surface area (Å²) in [5.74, 6) is 0.888. The summed E-state index contributed by atoms with van der Waals surface area (Å²) in [5.41, 5.74) is 12.2. The number of hydrogen-bond acceptors (Lipinski definition) is 2. The molecule has 0 radical (unpaired) electrons. The van der Waals surface area contributed by atoms with E-state index < -0.39 is 0 Å². The molecule has 0 spiro atoms. The molecule has 1 aliphatic heterocycles. The lowest BCUT2D eigenvalue weighted by molar-refractivity contribution is 1.07. The van der Waals surface area contributed by atoms with E-state index >= 15 is 0 Å². The topological polar surface area (TPSA) is 21.1 Å². The van der Waals surface area contributed by atoms with E-state index in [2.05, 4.69) is 158 Å². The van der Waals surface area contributed by atoms with Crippen molar-refractivity contribution in [3.63, 3.8) is 0 Å². The maximum absolute atomic E-state index is 5.35. The van der Waals surface area contributed by atoms with Crippen LogP contribution in [-0.4, -0.2) is 9.55 Å². The summed E-state index contributed by atoms with van der Waals surface area (Å²) in [5, 5.41) is 2.38. The van der Waals surface area contributed by atoms with Crippen molar-refractivity contribution in [2.45, 2.75) is 20.8 Å². The number of allylic oxidation sites excluding steroid dienone is 5. The third-order valence-electron chi connectivity index (χ3n) is 8.43. The molecule has 1 aliphatic rings. The first-order valence-electron chi connectivity index (χ1n) is 14.7. The number of hydrogen-bond donors (Lipinski definition) is 0. The van der Waals surface area contributed by atoms with Gasteiger partial charge in [-0.25, -0.2) is 4.98 Å². The van der Waals surface area contributed by atoms with Crippen LogP contribution in [0.15, 0.2) is 145 Å². The first-order chi connectivity index (χ1) is 21.1. The molecule has 0 amide bonds. The van der Waals surface area contributed by atoms with E-state index in [-0.39, 0.29) is 0 Å². The first-order valence-corrected chi connectivity index (χ1v) is 14.7. The summed E-state index contributed by atoms with van der Waals surface area (Å²) in [6, 6.07) is 38.6. The van der Waals surface area contributed by atoms with Crippen LogP contribution in [0.25, 0.3) is 50.5 Å². The van der Waals surface area contributed by atoms with Crippen LogP contribution in [0.5, 0.6) is 0 Å². The molecule has 0 aliphatic carbocycles. The van der Waals surface area contributed by atoms with E-state index in [4.69, 9.17) is 4.98 Å². The van der Waals surface area contributed by atoms with Crippen molar-refractivity contribution in [2.24, 2.45) is 0 Å². The summed E-state index contributed by atoms with van der Waals surface area (Å²) in [6.45, 7) is 10.7. The molecule has 7 rings (SSSR count). The Hall–Kier alpha value is -5.41. The molecule has 0 saturated carbocycles. The molecule has 208 valence electrons. The summed E-state index contributed by atoms with van der Waals surface area (Å²) in [7, 11) is 0. The Morgan fingerprint density at radius 2 is 1.51 bits per heavy atom. The zero-order valence-electron chi connectivity index (χ0n) is 24.8. The SMILES string of the molecule is C=CC1=C(C)C=Cc2ccc3c4ccccc4n(-c4cc(C(C)=CC)cc(-c5ccccc5)n4)c3c2N1c1ccccc1. The van der Waals surface area contributed by atoms with Gasteiger partial charge in [0.05, 0.1) is 22.4 Å². The van der Waals surface area contributed by atoms with Crippen LogP contribution in [0.2, 0.25) is 0 Å². The Morgan fingerprint density at radius 3 is 2.26 bits per heavy atom. The summed E-state index contributed by atoms with van der Waals surface area (Å²) >= 11 is 0. The number of nitrogens with zero attached hydrogens (tertiary/aromatic N) is 3. The quantitative estimate of drug-likeness (QED) is 0.211. The number of rotatable bonds is 5. The second-order valence-corrected chi connectivity index (χ2v) is 11.0. The van der Waals surface area contributed by atoms with Crippen LogP contribution in [-0.2, 0) is 0 Å². The Balaban J connectivity index is 1.65. The molecule has 3 heteroatoms. The Bertz CT molecular complexity index is 2110. The zero-order valence-corrected chi connectivity index (χ0v) is 24.8. The van der Waals surface area contributed by atoms with Gasteiger partial charge >= 0.3 is 0 Å². The van der Waals surface area contributed by atoms with Gasteiger partial charge < -0.3 is 4.90 Å². The van der Waals surface area contributed by atoms with E-state index in [0.29, 0.717) is 0 Å². The summed E-state index contributed by atoms with van der Waals surface area (Å²) in [6.07, 6.45) is 8.55. The number of fused-ring (bicyclic) bond motifs is 5. The molecule has 0 fully saturated rings. The highest BCUT2D eigenvalue weighted by Gasteiger charge is 2.26. The van der Waals surface area contributed by atoms with Gasteiger partial charge in [-0.2, -0.15) is 0 Å². The van der Waals surface area contributed by atoms with Crippen LogP contribution in [0, 0.1) is 0 Å². The third kappa shape index (κ3) is 4.41. The van der Waals surface area contributed by atoms with Crippen molar-refractivity contribution < 1.29 is 0 Å². The van der Waals surface area contributed by atoms with Gasteiger partial charge in [0.1, 0.15) is 5.82 Å². The van der Waals surface area contributed by atoms with Crippen molar-refractivity contribution >= 4 is 44.8 Å². The number of pyridine rings is 1. The van der Waals surface area contributed by atoms with Gasteiger partial charge in [0.15, 0.2) is 0 Å². The molecule has 0 N–H and O–H groups in total. The number of aromatic nitrogens is 2. The molecule has 4 aromatic carbocycles. The van der Waals surface area contributed by atoms with Crippen molar-refractivity contribution in [3.8, 4) is 17.1 Å². The van der Waals surface area contributed by atoms with Gasteiger partial charge in [-0.05, 0) is 73.9 Å². The Morgan fingerprint density at radius 1 is 0.791 bits per heavy atom. The lowest BCUT2D eigenvalue weighted by atomic mass is 10.0. The highest BCUT2D eigenvalue weighted by Crippen LogP contribution is 2.46. The molecule has 0 saturated heterocycles. The molecule has 6 aromatic rings. The lowest BCUT2D eigenvalue weighted by Gasteiger charge is -2.29. The highest BCUT2D eigenvalue weighted by atomic mass is 15.2. The fraction of sp³-hybridized carbons (Fsp3) is 0.0750. The molecule has 2 aromatic heterocycles. The predicted octanol–water partition coefficient (Wildman–Crippen LogP) is 10.9.